The average Bonchev–Trinajstić information content (AvgIpc) is 3.07. The van der Waals surface area contributed by atoms with E-state index in [0.717, 1.165) is 31.6 Å². The Morgan fingerprint density at radius 2 is 2.36 bits per heavy atom. The number of carbonyl (C=O) groups is 1. The fourth-order valence-corrected chi connectivity index (χ4v) is 3.02. The topological polar surface area (TPSA) is 63.2 Å². The maximum Gasteiger partial charge on any atom is 0.255 e. The molecule has 1 atom stereocenters. The Kier molecular flexibility index (Phi) is 5.03. The number of carbonyl (C=O) groups excluding carboxylic acids is 1. The highest BCUT2D eigenvalue weighted by atomic mass is 32.1. The molecule has 2 N–H and O–H groups in total. The fraction of sp³-hybridized carbons (Fsp3) is 0.375. The first-order valence-corrected chi connectivity index (χ1v) is 8.37. The summed E-state index contributed by atoms with van der Waals surface area (Å²) in [5.41, 5.74) is 3.22. The average molecular weight is 317 g/mol. The standard InChI is InChI=1S/C16H19N3O2S/c20-16(19-12-4-3-7-17-8-12)14-5-1-2-6-15(14)21-9-13-10-22-11-18-13/h1-2,5-6,10-12,17H,3-4,7-9H2,(H,19,20)/t12-/m0/s1. The van der Waals surface area contributed by atoms with Crippen LogP contribution in [-0.4, -0.2) is 30.0 Å². The smallest absolute Gasteiger partial charge is 0.255 e. The molecule has 2 heterocycles. The number of para-hydroxylation sites is 1. The van der Waals surface area contributed by atoms with E-state index in [1.165, 1.54) is 11.3 Å². The van der Waals surface area contributed by atoms with Gasteiger partial charge in [0.2, 0.25) is 0 Å². The van der Waals surface area contributed by atoms with Gasteiger partial charge in [-0.1, -0.05) is 12.1 Å². The molecule has 22 heavy (non-hydrogen) atoms. The van der Waals surface area contributed by atoms with Crippen molar-refractivity contribution >= 4 is 17.2 Å². The number of rotatable bonds is 5. The van der Waals surface area contributed by atoms with Gasteiger partial charge in [0.15, 0.2) is 0 Å². The van der Waals surface area contributed by atoms with Crippen LogP contribution in [0.3, 0.4) is 0 Å². The molecule has 1 fully saturated rings. The number of nitrogens with zero attached hydrogens (tertiary/aromatic N) is 1. The number of amides is 1. The Bertz CT molecular complexity index is 610. The van der Waals surface area contributed by atoms with Gasteiger partial charge in [-0.25, -0.2) is 4.98 Å². The van der Waals surface area contributed by atoms with Crippen LogP contribution < -0.4 is 15.4 Å². The van der Waals surface area contributed by atoms with Crippen molar-refractivity contribution in [3.05, 3.63) is 46.4 Å². The molecule has 0 saturated carbocycles. The zero-order chi connectivity index (χ0) is 15.2. The number of nitrogens with one attached hydrogen (secondary N) is 2. The molecule has 1 amide bonds. The lowest BCUT2D eigenvalue weighted by atomic mass is 10.1. The van der Waals surface area contributed by atoms with Gasteiger partial charge in [0.1, 0.15) is 12.4 Å². The van der Waals surface area contributed by atoms with E-state index < -0.39 is 0 Å². The highest BCUT2D eigenvalue weighted by molar-refractivity contribution is 7.07. The number of thiazole rings is 1. The molecule has 0 bridgehead atoms. The maximum absolute atomic E-state index is 12.5. The summed E-state index contributed by atoms with van der Waals surface area (Å²) >= 11 is 1.53. The minimum Gasteiger partial charge on any atom is -0.486 e. The van der Waals surface area contributed by atoms with Gasteiger partial charge in [-0.05, 0) is 31.5 Å². The molecule has 1 aromatic heterocycles. The number of piperidine rings is 1. The number of benzene rings is 1. The second-order valence-electron chi connectivity index (χ2n) is 5.28. The van der Waals surface area contributed by atoms with Gasteiger partial charge in [-0.15, -0.1) is 11.3 Å². The lowest BCUT2D eigenvalue weighted by Crippen LogP contribution is -2.45. The monoisotopic (exact) mass is 317 g/mol. The van der Waals surface area contributed by atoms with Crippen molar-refractivity contribution in [3.8, 4) is 5.75 Å². The number of ether oxygens (including phenoxy) is 1. The van der Waals surface area contributed by atoms with Gasteiger partial charge < -0.3 is 15.4 Å². The maximum atomic E-state index is 12.5. The lowest BCUT2D eigenvalue weighted by Gasteiger charge is -2.24. The van der Waals surface area contributed by atoms with Gasteiger partial charge in [0.05, 0.1) is 16.8 Å². The molecule has 0 unspecified atom stereocenters. The molecule has 1 aliphatic heterocycles. The van der Waals surface area contributed by atoms with Crippen LogP contribution in [0.15, 0.2) is 35.2 Å². The molecule has 0 radical (unpaired) electrons. The molecule has 1 aromatic carbocycles. The second-order valence-corrected chi connectivity index (χ2v) is 6.00. The molecular weight excluding hydrogens is 298 g/mol. The van der Waals surface area contributed by atoms with E-state index in [4.69, 9.17) is 4.74 Å². The number of hydrogen-bond acceptors (Lipinski definition) is 5. The van der Waals surface area contributed by atoms with E-state index in [2.05, 4.69) is 15.6 Å². The van der Waals surface area contributed by atoms with Crippen LogP contribution in [-0.2, 0) is 6.61 Å². The summed E-state index contributed by atoms with van der Waals surface area (Å²) in [6, 6.07) is 7.52. The van der Waals surface area contributed by atoms with Crippen molar-refractivity contribution in [2.75, 3.05) is 13.1 Å². The SMILES string of the molecule is O=C(N[C@H]1CCCNC1)c1ccccc1OCc1cscn1. The van der Waals surface area contributed by atoms with Crippen molar-refractivity contribution in [3.63, 3.8) is 0 Å². The summed E-state index contributed by atoms with van der Waals surface area (Å²) in [4.78, 5) is 16.6. The van der Waals surface area contributed by atoms with Gasteiger partial charge in [0.25, 0.3) is 5.91 Å². The van der Waals surface area contributed by atoms with E-state index in [9.17, 15) is 4.79 Å². The van der Waals surface area contributed by atoms with Crippen molar-refractivity contribution in [1.29, 1.82) is 0 Å². The third kappa shape index (κ3) is 3.84. The van der Waals surface area contributed by atoms with Crippen LogP contribution in [0.5, 0.6) is 5.75 Å². The Labute approximate surface area is 133 Å². The Hall–Kier alpha value is -1.92. The van der Waals surface area contributed by atoms with Crippen LogP contribution in [0, 0.1) is 0 Å². The van der Waals surface area contributed by atoms with Gasteiger partial charge in [-0.2, -0.15) is 0 Å². The summed E-state index contributed by atoms with van der Waals surface area (Å²) in [5, 5.41) is 8.31. The molecule has 3 rings (SSSR count). The Morgan fingerprint density at radius 3 is 3.14 bits per heavy atom. The molecule has 2 aromatic rings. The molecule has 116 valence electrons. The van der Waals surface area contributed by atoms with Crippen molar-refractivity contribution in [2.24, 2.45) is 0 Å². The van der Waals surface area contributed by atoms with Crippen molar-refractivity contribution in [2.45, 2.75) is 25.5 Å². The first kappa shape index (κ1) is 15.0. The highest BCUT2D eigenvalue weighted by Gasteiger charge is 2.18. The first-order chi connectivity index (χ1) is 10.8. The minimum absolute atomic E-state index is 0.0809. The van der Waals surface area contributed by atoms with E-state index in [-0.39, 0.29) is 11.9 Å². The predicted octanol–water partition coefficient (Wildman–Crippen LogP) is 2.20. The summed E-state index contributed by atoms with van der Waals surface area (Å²) in [6.07, 6.45) is 2.10. The predicted molar refractivity (Wildman–Crippen MR) is 86.2 cm³/mol. The normalized spacial score (nSPS) is 17.9. The van der Waals surface area contributed by atoms with Gasteiger partial charge >= 0.3 is 0 Å². The zero-order valence-electron chi connectivity index (χ0n) is 12.2. The van der Waals surface area contributed by atoms with Gasteiger partial charge in [0, 0.05) is 18.0 Å². The van der Waals surface area contributed by atoms with E-state index in [1.807, 2.05) is 23.6 Å². The number of hydrogen-bond donors (Lipinski definition) is 2. The van der Waals surface area contributed by atoms with Gasteiger partial charge in [-0.3, -0.25) is 4.79 Å². The molecule has 5 nitrogen and oxygen atoms in total. The van der Waals surface area contributed by atoms with Crippen molar-refractivity contribution < 1.29 is 9.53 Å². The molecule has 0 spiro atoms. The Balaban J connectivity index is 1.65. The summed E-state index contributed by atoms with van der Waals surface area (Å²) < 4.78 is 5.76. The molecule has 1 saturated heterocycles. The Morgan fingerprint density at radius 1 is 1.45 bits per heavy atom. The number of aromatic nitrogens is 1. The van der Waals surface area contributed by atoms with E-state index in [0.29, 0.717) is 17.9 Å². The summed E-state index contributed by atoms with van der Waals surface area (Å²) in [5.74, 6) is 0.513. The van der Waals surface area contributed by atoms with Crippen LogP contribution in [0.25, 0.3) is 0 Å². The summed E-state index contributed by atoms with van der Waals surface area (Å²) in [6.45, 7) is 2.23. The molecule has 0 aliphatic carbocycles. The van der Waals surface area contributed by atoms with Crippen LogP contribution >= 0.6 is 11.3 Å². The van der Waals surface area contributed by atoms with Crippen LogP contribution in [0.2, 0.25) is 0 Å². The third-order valence-corrected chi connectivity index (χ3v) is 4.26. The highest BCUT2D eigenvalue weighted by Crippen LogP contribution is 2.20. The first-order valence-electron chi connectivity index (χ1n) is 7.43. The zero-order valence-corrected chi connectivity index (χ0v) is 13.1. The third-order valence-electron chi connectivity index (χ3n) is 3.62. The molecule has 6 heteroatoms. The second kappa shape index (κ2) is 7.38. The summed E-state index contributed by atoms with van der Waals surface area (Å²) in [7, 11) is 0. The fourth-order valence-electron chi connectivity index (χ4n) is 2.48. The van der Waals surface area contributed by atoms with Crippen LogP contribution in [0.4, 0.5) is 0 Å². The van der Waals surface area contributed by atoms with Crippen LogP contribution in [0.1, 0.15) is 28.9 Å². The minimum atomic E-state index is -0.0809. The van der Waals surface area contributed by atoms with E-state index >= 15 is 0 Å². The lowest BCUT2D eigenvalue weighted by molar-refractivity contribution is 0.0926. The van der Waals surface area contributed by atoms with Crippen molar-refractivity contribution in [1.82, 2.24) is 15.6 Å². The van der Waals surface area contributed by atoms with E-state index in [1.54, 1.807) is 11.6 Å². The largest absolute Gasteiger partial charge is 0.486 e. The molecule has 1 aliphatic rings. The molecular formula is C16H19N3O2S. The quantitative estimate of drug-likeness (QED) is 0.887.